The molecule has 0 spiro atoms. The largest absolute Gasteiger partial charge is 0.477 e. The summed E-state index contributed by atoms with van der Waals surface area (Å²) in [5, 5.41) is 0. The highest BCUT2D eigenvalue weighted by Crippen LogP contribution is 2.30. The van der Waals surface area contributed by atoms with E-state index in [1.807, 2.05) is 31.2 Å². The van der Waals surface area contributed by atoms with Crippen molar-refractivity contribution in [3.05, 3.63) is 29.8 Å². The van der Waals surface area contributed by atoms with Crippen molar-refractivity contribution in [1.82, 2.24) is 0 Å². The van der Waals surface area contributed by atoms with Crippen LogP contribution in [0.25, 0.3) is 0 Å². The SMILES string of the molecule is CCCOC(Cl)c1ccccc1OCCl. The maximum absolute atomic E-state index is 6.08. The van der Waals surface area contributed by atoms with Gasteiger partial charge in [0.2, 0.25) is 0 Å². The number of ether oxygens (including phenoxy) is 2. The van der Waals surface area contributed by atoms with Gasteiger partial charge in [0.1, 0.15) is 5.75 Å². The lowest BCUT2D eigenvalue weighted by atomic mass is 10.2. The zero-order chi connectivity index (χ0) is 11.1. The standard InChI is InChI=1S/C11H14Cl2O2/c1-2-7-14-11(13)9-5-3-4-6-10(9)15-8-12/h3-6,11H,2,7-8H2,1H3. The molecular formula is C11H14Cl2O2. The van der Waals surface area contributed by atoms with E-state index in [9.17, 15) is 0 Å². The molecule has 0 bridgehead atoms. The Morgan fingerprint density at radius 3 is 2.73 bits per heavy atom. The van der Waals surface area contributed by atoms with Gasteiger partial charge in [-0.2, -0.15) is 0 Å². The molecule has 2 nitrogen and oxygen atoms in total. The van der Waals surface area contributed by atoms with Crippen LogP contribution in [0.4, 0.5) is 0 Å². The first-order valence-electron chi connectivity index (χ1n) is 4.83. The van der Waals surface area contributed by atoms with Gasteiger partial charge in [0.05, 0.1) is 0 Å². The van der Waals surface area contributed by atoms with E-state index in [0.29, 0.717) is 12.4 Å². The summed E-state index contributed by atoms with van der Waals surface area (Å²) in [6, 6.07) is 7.56. The molecule has 0 saturated heterocycles. The zero-order valence-corrected chi connectivity index (χ0v) is 10.1. The van der Waals surface area contributed by atoms with Gasteiger partial charge in [0.15, 0.2) is 11.6 Å². The van der Waals surface area contributed by atoms with Crippen LogP contribution in [0.2, 0.25) is 0 Å². The molecule has 0 saturated carbocycles. The van der Waals surface area contributed by atoms with E-state index in [1.54, 1.807) is 0 Å². The molecule has 1 aromatic carbocycles. The Morgan fingerprint density at radius 2 is 2.07 bits per heavy atom. The van der Waals surface area contributed by atoms with Crippen LogP contribution in [0, 0.1) is 0 Å². The minimum Gasteiger partial charge on any atom is -0.477 e. The molecule has 15 heavy (non-hydrogen) atoms. The molecule has 0 aliphatic heterocycles. The van der Waals surface area contributed by atoms with Crippen LogP contribution in [0.1, 0.15) is 24.5 Å². The Morgan fingerprint density at radius 1 is 1.33 bits per heavy atom. The molecule has 1 aromatic rings. The zero-order valence-electron chi connectivity index (χ0n) is 8.58. The molecule has 0 fully saturated rings. The quantitative estimate of drug-likeness (QED) is 0.711. The summed E-state index contributed by atoms with van der Waals surface area (Å²) in [4.78, 5) is 0. The van der Waals surface area contributed by atoms with Gasteiger partial charge < -0.3 is 9.47 Å². The summed E-state index contributed by atoms with van der Waals surface area (Å²) < 4.78 is 10.6. The lowest BCUT2D eigenvalue weighted by Crippen LogP contribution is -2.02. The van der Waals surface area contributed by atoms with Gasteiger partial charge >= 0.3 is 0 Å². The van der Waals surface area contributed by atoms with Crippen molar-refractivity contribution in [3.8, 4) is 5.75 Å². The number of alkyl halides is 2. The smallest absolute Gasteiger partial charge is 0.162 e. The van der Waals surface area contributed by atoms with Gasteiger partial charge in [-0.3, -0.25) is 0 Å². The molecular weight excluding hydrogens is 235 g/mol. The van der Waals surface area contributed by atoms with Crippen LogP contribution in [0.15, 0.2) is 24.3 Å². The molecule has 0 heterocycles. The first-order valence-corrected chi connectivity index (χ1v) is 5.80. The molecule has 1 atom stereocenters. The third kappa shape index (κ3) is 3.90. The predicted octanol–water partition coefficient (Wildman–Crippen LogP) is 3.93. The van der Waals surface area contributed by atoms with Gasteiger partial charge in [-0.15, -0.1) is 0 Å². The first kappa shape index (κ1) is 12.6. The summed E-state index contributed by atoms with van der Waals surface area (Å²) in [5.74, 6) is 0.670. The summed E-state index contributed by atoms with van der Waals surface area (Å²) in [7, 11) is 0. The molecule has 0 amide bonds. The average molecular weight is 249 g/mol. The van der Waals surface area contributed by atoms with Crippen molar-refractivity contribution in [1.29, 1.82) is 0 Å². The molecule has 0 aliphatic rings. The predicted molar refractivity (Wildman–Crippen MR) is 62.6 cm³/mol. The fraction of sp³-hybridized carbons (Fsp3) is 0.455. The first-order chi connectivity index (χ1) is 7.29. The maximum atomic E-state index is 6.08. The Hall–Kier alpha value is -0.440. The van der Waals surface area contributed by atoms with Crippen LogP contribution >= 0.6 is 23.2 Å². The second-order valence-electron chi connectivity index (χ2n) is 2.98. The topological polar surface area (TPSA) is 18.5 Å². The maximum Gasteiger partial charge on any atom is 0.162 e. The monoisotopic (exact) mass is 248 g/mol. The van der Waals surface area contributed by atoms with Gasteiger partial charge in [0, 0.05) is 12.2 Å². The van der Waals surface area contributed by atoms with Crippen LogP contribution < -0.4 is 4.74 Å². The second-order valence-corrected chi connectivity index (χ2v) is 3.59. The summed E-state index contributed by atoms with van der Waals surface area (Å²) in [5.41, 5.74) is 0.331. The summed E-state index contributed by atoms with van der Waals surface area (Å²) in [6.45, 7) is 2.66. The van der Waals surface area contributed by atoms with Gasteiger partial charge in [-0.1, -0.05) is 48.3 Å². The van der Waals surface area contributed by atoms with E-state index in [0.717, 1.165) is 12.0 Å². The van der Waals surface area contributed by atoms with E-state index in [2.05, 4.69) is 0 Å². The van der Waals surface area contributed by atoms with E-state index >= 15 is 0 Å². The van der Waals surface area contributed by atoms with Crippen molar-refractivity contribution in [2.45, 2.75) is 18.9 Å². The molecule has 1 rings (SSSR count). The Bertz CT molecular complexity index is 292. The second kappa shape index (κ2) is 6.94. The van der Waals surface area contributed by atoms with Crippen molar-refractivity contribution in [2.75, 3.05) is 12.7 Å². The number of hydrogen-bond donors (Lipinski definition) is 0. The third-order valence-corrected chi connectivity index (χ3v) is 2.31. The fourth-order valence-corrected chi connectivity index (χ4v) is 1.56. The van der Waals surface area contributed by atoms with Crippen molar-refractivity contribution in [3.63, 3.8) is 0 Å². The number of para-hydroxylation sites is 1. The summed E-state index contributed by atoms with van der Waals surface area (Å²) >= 11 is 11.6. The lowest BCUT2D eigenvalue weighted by Gasteiger charge is -2.14. The van der Waals surface area contributed by atoms with Gasteiger partial charge in [-0.05, 0) is 12.5 Å². The van der Waals surface area contributed by atoms with Gasteiger partial charge in [-0.25, -0.2) is 0 Å². The van der Waals surface area contributed by atoms with Crippen LogP contribution in [-0.4, -0.2) is 12.7 Å². The highest BCUT2D eigenvalue weighted by molar-refractivity contribution is 6.20. The molecule has 1 unspecified atom stereocenters. The molecule has 84 valence electrons. The van der Waals surface area contributed by atoms with E-state index in [-0.39, 0.29) is 6.07 Å². The Balaban J connectivity index is 2.72. The number of benzene rings is 1. The lowest BCUT2D eigenvalue weighted by molar-refractivity contribution is 0.106. The average Bonchev–Trinajstić information content (AvgIpc) is 2.27. The third-order valence-electron chi connectivity index (χ3n) is 1.84. The van der Waals surface area contributed by atoms with Crippen molar-refractivity contribution in [2.24, 2.45) is 0 Å². The molecule has 0 aromatic heterocycles. The van der Waals surface area contributed by atoms with E-state index in [4.69, 9.17) is 32.7 Å². The Kier molecular flexibility index (Phi) is 5.84. The number of hydrogen-bond acceptors (Lipinski definition) is 2. The number of rotatable bonds is 6. The molecule has 0 N–H and O–H groups in total. The van der Waals surface area contributed by atoms with Crippen molar-refractivity contribution >= 4 is 23.2 Å². The van der Waals surface area contributed by atoms with E-state index < -0.39 is 5.56 Å². The normalized spacial score (nSPS) is 12.5. The number of halogens is 2. The van der Waals surface area contributed by atoms with Crippen molar-refractivity contribution < 1.29 is 9.47 Å². The molecule has 4 heteroatoms. The van der Waals surface area contributed by atoms with Gasteiger partial charge in [0.25, 0.3) is 0 Å². The van der Waals surface area contributed by atoms with Crippen LogP contribution in [0.5, 0.6) is 5.75 Å². The Labute approximate surface area is 100 Å². The molecule has 0 aliphatic carbocycles. The minimum atomic E-state index is -0.482. The molecule has 0 radical (unpaired) electrons. The van der Waals surface area contributed by atoms with Crippen LogP contribution in [-0.2, 0) is 4.74 Å². The highest BCUT2D eigenvalue weighted by Gasteiger charge is 2.12. The summed E-state index contributed by atoms with van der Waals surface area (Å²) in [6.07, 6.45) is 0.932. The van der Waals surface area contributed by atoms with Crippen LogP contribution in [0.3, 0.4) is 0 Å². The fourth-order valence-electron chi connectivity index (χ4n) is 1.17. The minimum absolute atomic E-state index is 0.106. The van der Waals surface area contributed by atoms with E-state index in [1.165, 1.54) is 0 Å². The highest BCUT2D eigenvalue weighted by atomic mass is 35.5.